The average molecular weight is 621 g/mol. The van der Waals surface area contributed by atoms with Gasteiger partial charge in [0, 0.05) is 43.2 Å². The van der Waals surface area contributed by atoms with Crippen LogP contribution in [0.3, 0.4) is 0 Å². The number of nitrogens with zero attached hydrogens (tertiary/aromatic N) is 6. The average Bonchev–Trinajstić information content (AvgIpc) is 3.68. The fraction of sp³-hybridized carbons (Fsp3) is 0.312. The lowest BCUT2D eigenvalue weighted by molar-refractivity contribution is -0.138. The maximum Gasteiger partial charge on any atom is 0.419 e. The molecule has 3 aromatic heterocycles. The maximum absolute atomic E-state index is 13.5. The van der Waals surface area contributed by atoms with Crippen LogP contribution in [0.15, 0.2) is 71.5 Å². The first-order valence-electron chi connectivity index (χ1n) is 14.4. The van der Waals surface area contributed by atoms with Crippen molar-refractivity contribution in [2.24, 2.45) is 0 Å². The zero-order valence-corrected chi connectivity index (χ0v) is 24.9. The van der Waals surface area contributed by atoms with Crippen LogP contribution in [0.25, 0.3) is 28.0 Å². The number of carbonyl (C=O) groups is 1. The van der Waals surface area contributed by atoms with Gasteiger partial charge in [0.2, 0.25) is 11.8 Å². The van der Waals surface area contributed by atoms with E-state index in [-0.39, 0.29) is 11.4 Å². The van der Waals surface area contributed by atoms with Gasteiger partial charge in [0.1, 0.15) is 17.1 Å². The van der Waals surface area contributed by atoms with Crippen molar-refractivity contribution in [1.29, 1.82) is 0 Å². The molecule has 5 aromatic rings. The highest BCUT2D eigenvalue weighted by Crippen LogP contribution is 2.37. The van der Waals surface area contributed by atoms with Gasteiger partial charge in [-0.3, -0.25) is 9.80 Å². The second-order valence-corrected chi connectivity index (χ2v) is 11.0. The van der Waals surface area contributed by atoms with Crippen molar-refractivity contribution >= 4 is 16.9 Å². The Morgan fingerprint density at radius 3 is 2.51 bits per heavy atom. The van der Waals surface area contributed by atoms with E-state index in [1.54, 1.807) is 17.1 Å². The molecule has 10 nitrogen and oxygen atoms in total. The number of ether oxygens (including phenoxy) is 2. The molecule has 0 amide bonds. The third-order valence-electron chi connectivity index (χ3n) is 7.80. The number of alkyl halides is 3. The molecule has 0 aliphatic carbocycles. The highest BCUT2D eigenvalue weighted by molar-refractivity contribution is 5.95. The largest absolute Gasteiger partial charge is 0.480 e. The van der Waals surface area contributed by atoms with Crippen molar-refractivity contribution in [3.63, 3.8) is 0 Å². The Balaban J connectivity index is 1.26. The van der Waals surface area contributed by atoms with Crippen LogP contribution < -0.4 is 9.47 Å². The molecule has 0 unspecified atom stereocenters. The van der Waals surface area contributed by atoms with Crippen LogP contribution in [0.5, 0.6) is 11.6 Å². The number of aromatic nitrogens is 4. The molecule has 0 radical (unpaired) electrons. The first kappa shape index (κ1) is 30.3. The monoisotopic (exact) mass is 620 g/mol. The molecule has 45 heavy (non-hydrogen) atoms. The molecule has 0 saturated carbocycles. The molecule has 13 heteroatoms. The van der Waals surface area contributed by atoms with E-state index in [2.05, 4.69) is 38.7 Å². The number of hydrogen-bond donors (Lipinski definition) is 0. The number of pyridine rings is 1. The maximum atomic E-state index is 13.5. The van der Waals surface area contributed by atoms with E-state index in [9.17, 15) is 18.0 Å². The topological polar surface area (TPSA) is 98.8 Å². The first-order chi connectivity index (χ1) is 21.6. The van der Waals surface area contributed by atoms with E-state index in [4.69, 9.17) is 13.9 Å². The predicted molar refractivity (Wildman–Crippen MR) is 159 cm³/mol. The SMILES string of the molecule is COc1ncc(-n2ncc3c(-c4ncc(CN5CCN(C(C)C)CC5)o4)cccc32)cc1C(=O)Oc1ccccc1C(F)(F)F. The molecule has 0 N–H and O–H groups in total. The molecule has 0 atom stereocenters. The van der Waals surface area contributed by atoms with Crippen molar-refractivity contribution in [2.45, 2.75) is 32.6 Å². The number of para-hydroxylation sites is 1. The summed E-state index contributed by atoms with van der Waals surface area (Å²) in [7, 11) is 1.30. The zero-order chi connectivity index (χ0) is 31.7. The minimum absolute atomic E-state index is 0.108. The van der Waals surface area contributed by atoms with Crippen molar-refractivity contribution < 1.29 is 31.9 Å². The lowest BCUT2D eigenvalue weighted by atomic mass is 10.1. The van der Waals surface area contributed by atoms with Gasteiger partial charge >= 0.3 is 12.1 Å². The van der Waals surface area contributed by atoms with Gasteiger partial charge in [-0.1, -0.05) is 18.2 Å². The van der Waals surface area contributed by atoms with Crippen LogP contribution >= 0.6 is 0 Å². The third kappa shape index (κ3) is 6.26. The molecule has 1 aliphatic heterocycles. The van der Waals surface area contributed by atoms with Crippen LogP contribution in [0.2, 0.25) is 0 Å². The summed E-state index contributed by atoms with van der Waals surface area (Å²) in [6.45, 7) is 9.02. The standard InChI is InChI=1S/C32H31F3N6O4/c1-20(2)40-13-11-39(12-14-40)19-22-17-37-30(44-22)23-7-6-9-27-25(23)18-38-41(27)21-15-24(29(43-3)36-16-21)31(42)45-28-10-5-4-8-26(28)32(33,34)35/h4-10,15-18,20H,11-14,19H2,1-3H3. The predicted octanol–water partition coefficient (Wildman–Crippen LogP) is 5.85. The van der Waals surface area contributed by atoms with Gasteiger partial charge in [-0.2, -0.15) is 18.3 Å². The summed E-state index contributed by atoms with van der Waals surface area (Å²) in [5.74, 6) is -0.575. The van der Waals surface area contributed by atoms with Crippen molar-refractivity contribution in [3.8, 4) is 28.8 Å². The molecule has 6 rings (SSSR count). The molecule has 1 aliphatic rings. The van der Waals surface area contributed by atoms with E-state index in [1.165, 1.54) is 31.5 Å². The van der Waals surface area contributed by atoms with E-state index in [0.717, 1.165) is 55.0 Å². The number of rotatable bonds is 8. The molecule has 0 bridgehead atoms. The van der Waals surface area contributed by atoms with Crippen LogP contribution in [0.4, 0.5) is 13.2 Å². The summed E-state index contributed by atoms with van der Waals surface area (Å²) in [6, 6.07) is 12.0. The normalized spacial score (nSPS) is 14.7. The van der Waals surface area contributed by atoms with E-state index in [0.29, 0.717) is 29.7 Å². The number of oxazole rings is 1. The smallest absolute Gasteiger partial charge is 0.419 e. The lowest BCUT2D eigenvalue weighted by Gasteiger charge is -2.36. The minimum Gasteiger partial charge on any atom is -0.480 e. The second-order valence-electron chi connectivity index (χ2n) is 11.0. The quantitative estimate of drug-likeness (QED) is 0.156. The first-order valence-corrected chi connectivity index (χ1v) is 14.4. The number of fused-ring (bicyclic) bond motifs is 1. The number of methoxy groups -OCH3 is 1. The van der Waals surface area contributed by atoms with Crippen molar-refractivity contribution in [1.82, 2.24) is 29.5 Å². The summed E-state index contributed by atoms with van der Waals surface area (Å²) in [5, 5.41) is 5.26. The number of carbonyl (C=O) groups excluding carboxylic acids is 1. The van der Waals surface area contributed by atoms with Gasteiger partial charge in [-0.15, -0.1) is 0 Å². The van der Waals surface area contributed by atoms with Crippen molar-refractivity contribution in [3.05, 3.63) is 84.0 Å². The molecule has 234 valence electrons. The van der Waals surface area contributed by atoms with Gasteiger partial charge in [0.15, 0.2) is 0 Å². The van der Waals surface area contributed by atoms with E-state index < -0.39 is 23.5 Å². The van der Waals surface area contributed by atoms with Crippen LogP contribution in [0.1, 0.15) is 35.5 Å². The zero-order valence-electron chi connectivity index (χ0n) is 24.9. The molecular weight excluding hydrogens is 589 g/mol. The number of esters is 1. The Labute approximate surface area is 257 Å². The van der Waals surface area contributed by atoms with Gasteiger partial charge in [0.25, 0.3) is 0 Å². The fourth-order valence-corrected chi connectivity index (χ4v) is 5.42. The van der Waals surface area contributed by atoms with Crippen molar-refractivity contribution in [2.75, 3.05) is 33.3 Å². The highest BCUT2D eigenvalue weighted by atomic mass is 19.4. The molecule has 2 aromatic carbocycles. The van der Waals surface area contributed by atoms with Crippen LogP contribution in [-0.4, -0.2) is 74.8 Å². The minimum atomic E-state index is -4.71. The van der Waals surface area contributed by atoms with Gasteiger partial charge in [-0.05, 0) is 44.2 Å². The van der Waals surface area contributed by atoms with Gasteiger partial charge in [0.05, 0.1) is 49.0 Å². The van der Waals surface area contributed by atoms with Crippen LogP contribution in [0, 0.1) is 0 Å². The van der Waals surface area contributed by atoms with E-state index >= 15 is 0 Å². The van der Waals surface area contributed by atoms with E-state index in [1.807, 2.05) is 18.2 Å². The summed E-state index contributed by atoms with van der Waals surface area (Å²) < 4.78 is 58.6. The number of hydrogen-bond acceptors (Lipinski definition) is 9. The summed E-state index contributed by atoms with van der Waals surface area (Å²) >= 11 is 0. The lowest BCUT2D eigenvalue weighted by Crippen LogP contribution is -2.48. The number of benzene rings is 2. The third-order valence-corrected chi connectivity index (χ3v) is 7.80. The van der Waals surface area contributed by atoms with Gasteiger partial charge < -0.3 is 13.9 Å². The summed E-state index contributed by atoms with van der Waals surface area (Å²) in [6.07, 6.45) is 0.136. The number of piperazine rings is 1. The Morgan fingerprint density at radius 2 is 1.78 bits per heavy atom. The molecule has 4 heterocycles. The molecule has 0 spiro atoms. The number of halogens is 3. The highest BCUT2D eigenvalue weighted by Gasteiger charge is 2.35. The summed E-state index contributed by atoms with van der Waals surface area (Å²) in [4.78, 5) is 26.7. The Morgan fingerprint density at radius 1 is 1.00 bits per heavy atom. The second kappa shape index (κ2) is 12.3. The molecule has 1 fully saturated rings. The molecule has 1 saturated heterocycles. The van der Waals surface area contributed by atoms with Gasteiger partial charge in [-0.25, -0.2) is 19.4 Å². The fourth-order valence-electron chi connectivity index (χ4n) is 5.42. The Kier molecular flexibility index (Phi) is 8.30. The Bertz CT molecular complexity index is 1830. The Hall–Kier alpha value is -4.75. The molecular formula is C32H31F3N6O4. The van der Waals surface area contributed by atoms with Crippen LogP contribution in [-0.2, 0) is 12.7 Å². The summed E-state index contributed by atoms with van der Waals surface area (Å²) in [5.41, 5.74) is 0.534.